The summed E-state index contributed by atoms with van der Waals surface area (Å²) in [5.74, 6) is -1.93. The number of carboxylic acids is 1. The smallest absolute Gasteiger partial charge is 0.353 e. The first-order valence-electron chi connectivity index (χ1n) is 8.70. The lowest BCUT2D eigenvalue weighted by Gasteiger charge is -2.46. The largest absolute Gasteiger partial charge is 0.477 e. The molecular weight excluding hydrogens is 344 g/mol. The molecule has 2 saturated heterocycles. The monoisotopic (exact) mass is 368 g/mol. The Labute approximate surface area is 151 Å². The Kier molecular flexibility index (Phi) is 4.85. The van der Waals surface area contributed by atoms with Crippen LogP contribution in [0.1, 0.15) is 33.6 Å². The minimum Gasteiger partial charge on any atom is -0.477 e. The number of hydrogen-bond acceptors (Lipinski definition) is 5. The summed E-state index contributed by atoms with van der Waals surface area (Å²) in [4.78, 5) is 39.7. The summed E-state index contributed by atoms with van der Waals surface area (Å²) < 4.78 is 0. The Morgan fingerprint density at radius 1 is 1.36 bits per heavy atom. The van der Waals surface area contributed by atoms with Gasteiger partial charge >= 0.3 is 5.97 Å². The van der Waals surface area contributed by atoms with Crippen LogP contribution >= 0.6 is 11.8 Å². The molecule has 0 bridgehead atoms. The van der Waals surface area contributed by atoms with E-state index in [4.69, 9.17) is 0 Å². The van der Waals surface area contributed by atoms with E-state index >= 15 is 0 Å². The lowest BCUT2D eigenvalue weighted by molar-refractivity contribution is -0.163. The van der Waals surface area contributed by atoms with Crippen molar-refractivity contribution >= 4 is 29.5 Å². The van der Waals surface area contributed by atoms with Gasteiger partial charge in [-0.25, -0.2) is 4.79 Å². The molecule has 0 aromatic rings. The molecule has 0 saturated carbocycles. The van der Waals surface area contributed by atoms with Crippen LogP contribution in [0.5, 0.6) is 0 Å². The molecule has 138 valence electrons. The molecule has 3 heterocycles. The molecule has 0 spiro atoms. The van der Waals surface area contributed by atoms with Gasteiger partial charge in [0.05, 0.1) is 18.1 Å². The second-order valence-corrected chi connectivity index (χ2v) is 8.40. The average Bonchev–Trinajstić information content (AvgIpc) is 2.71. The van der Waals surface area contributed by atoms with Crippen LogP contribution in [0.15, 0.2) is 10.6 Å². The third-order valence-corrected chi connectivity index (χ3v) is 6.72. The van der Waals surface area contributed by atoms with Gasteiger partial charge in [-0.15, -0.1) is 11.8 Å². The van der Waals surface area contributed by atoms with E-state index < -0.39 is 18.0 Å². The van der Waals surface area contributed by atoms with Crippen molar-refractivity contribution < 1.29 is 24.6 Å². The number of nitrogens with zero attached hydrogens (tertiary/aromatic N) is 2. The van der Waals surface area contributed by atoms with Crippen molar-refractivity contribution in [2.45, 2.75) is 51.0 Å². The maximum atomic E-state index is 12.3. The maximum Gasteiger partial charge on any atom is 0.353 e. The minimum absolute atomic E-state index is 0.0581. The number of carboxylic acid groups (broad SMARTS) is 1. The average molecular weight is 368 g/mol. The first kappa shape index (κ1) is 18.3. The van der Waals surface area contributed by atoms with Gasteiger partial charge in [0, 0.05) is 35.6 Å². The van der Waals surface area contributed by atoms with Gasteiger partial charge in [0.25, 0.3) is 0 Å². The van der Waals surface area contributed by atoms with Crippen molar-refractivity contribution in [3.63, 3.8) is 0 Å². The second kappa shape index (κ2) is 6.64. The van der Waals surface area contributed by atoms with Crippen LogP contribution in [-0.4, -0.2) is 68.3 Å². The molecular formula is C17H24N2O5S. The highest BCUT2D eigenvalue weighted by Crippen LogP contribution is 2.51. The third-order valence-electron chi connectivity index (χ3n) is 5.27. The SMILES string of the molecule is CCCC(=O)N1CC(SC2=C(C(=O)O)N3C(=O)[C@H]([C@@H](C)O)[C@H]3[C@H]2C)C1. The predicted molar refractivity (Wildman–Crippen MR) is 92.5 cm³/mol. The molecule has 3 rings (SSSR count). The molecule has 0 aliphatic carbocycles. The number of amides is 2. The third kappa shape index (κ3) is 2.85. The first-order chi connectivity index (χ1) is 11.8. The lowest BCUT2D eigenvalue weighted by atomic mass is 9.79. The first-order valence-corrected chi connectivity index (χ1v) is 9.58. The standard InChI is InChI=1S/C17H24N2O5S/c1-4-5-11(21)18-6-10(7-18)25-15-8(2)13-12(9(3)20)16(22)19(13)14(15)17(23)24/h8-10,12-13,20H,4-7H2,1-3H3,(H,23,24)/t8-,9-,12-,13-/m1/s1. The fourth-order valence-electron chi connectivity index (χ4n) is 3.95. The summed E-state index contributed by atoms with van der Waals surface area (Å²) in [6.45, 7) is 6.68. The zero-order valence-corrected chi connectivity index (χ0v) is 15.5. The van der Waals surface area contributed by atoms with Crippen LogP contribution in [-0.2, 0) is 14.4 Å². The van der Waals surface area contributed by atoms with Crippen molar-refractivity contribution in [3.8, 4) is 0 Å². The highest BCUT2D eigenvalue weighted by Gasteiger charge is 2.60. The Balaban J connectivity index is 1.72. The fourth-order valence-corrected chi connectivity index (χ4v) is 5.47. The summed E-state index contributed by atoms with van der Waals surface area (Å²) in [7, 11) is 0. The van der Waals surface area contributed by atoms with Crippen LogP contribution in [0.25, 0.3) is 0 Å². The van der Waals surface area contributed by atoms with Gasteiger partial charge < -0.3 is 20.0 Å². The molecule has 3 aliphatic rings. The van der Waals surface area contributed by atoms with E-state index in [-0.39, 0.29) is 34.7 Å². The quantitative estimate of drug-likeness (QED) is 0.676. The molecule has 0 unspecified atom stereocenters. The van der Waals surface area contributed by atoms with E-state index in [1.165, 1.54) is 16.7 Å². The fraction of sp³-hybridized carbons (Fsp3) is 0.706. The molecule has 25 heavy (non-hydrogen) atoms. The number of likely N-dealkylation sites (tertiary alicyclic amines) is 1. The summed E-state index contributed by atoms with van der Waals surface area (Å²) in [6.07, 6.45) is 0.566. The van der Waals surface area contributed by atoms with E-state index in [2.05, 4.69) is 0 Å². The number of fused-ring (bicyclic) bond motifs is 1. The number of hydrogen-bond donors (Lipinski definition) is 2. The van der Waals surface area contributed by atoms with Gasteiger partial charge in [-0.2, -0.15) is 0 Å². The molecule has 0 aromatic carbocycles. The van der Waals surface area contributed by atoms with Crippen molar-refractivity contribution in [3.05, 3.63) is 10.6 Å². The molecule has 2 N–H and O–H groups in total. The van der Waals surface area contributed by atoms with Gasteiger partial charge in [0.2, 0.25) is 11.8 Å². The Morgan fingerprint density at radius 3 is 2.52 bits per heavy atom. The van der Waals surface area contributed by atoms with Gasteiger partial charge in [-0.1, -0.05) is 13.8 Å². The van der Waals surface area contributed by atoms with Gasteiger partial charge in [0.1, 0.15) is 5.70 Å². The number of carbonyl (C=O) groups excluding carboxylic acids is 2. The molecule has 0 radical (unpaired) electrons. The lowest BCUT2D eigenvalue weighted by Crippen LogP contribution is -2.63. The van der Waals surface area contributed by atoms with Crippen LogP contribution in [0.3, 0.4) is 0 Å². The van der Waals surface area contributed by atoms with Crippen molar-refractivity contribution in [1.82, 2.24) is 9.80 Å². The summed E-state index contributed by atoms with van der Waals surface area (Å²) >= 11 is 1.47. The van der Waals surface area contributed by atoms with Crippen LogP contribution in [0, 0.1) is 11.8 Å². The van der Waals surface area contributed by atoms with E-state index in [0.29, 0.717) is 24.4 Å². The molecule has 2 fully saturated rings. The summed E-state index contributed by atoms with van der Waals surface area (Å²) in [5.41, 5.74) is 0.0581. The maximum absolute atomic E-state index is 12.3. The van der Waals surface area contributed by atoms with Crippen molar-refractivity contribution in [1.29, 1.82) is 0 Å². The Hall–Kier alpha value is -1.54. The number of carbonyl (C=O) groups is 3. The summed E-state index contributed by atoms with van der Waals surface area (Å²) in [6, 6.07) is -0.279. The molecule has 0 aromatic heterocycles. The van der Waals surface area contributed by atoms with E-state index in [1.54, 1.807) is 11.8 Å². The van der Waals surface area contributed by atoms with E-state index in [1.807, 2.05) is 13.8 Å². The zero-order valence-electron chi connectivity index (χ0n) is 14.6. The Bertz CT molecular complexity index is 641. The normalized spacial score (nSPS) is 30.1. The molecule has 2 amide bonds. The van der Waals surface area contributed by atoms with Gasteiger partial charge in [0.15, 0.2) is 0 Å². The Morgan fingerprint density at radius 2 is 2.00 bits per heavy atom. The van der Waals surface area contributed by atoms with Crippen LogP contribution in [0.4, 0.5) is 0 Å². The zero-order chi connectivity index (χ0) is 18.5. The number of aliphatic hydroxyl groups excluding tert-OH is 1. The minimum atomic E-state index is -1.10. The van der Waals surface area contributed by atoms with E-state index in [9.17, 15) is 24.6 Å². The molecule has 8 heteroatoms. The second-order valence-electron chi connectivity index (χ2n) is 7.06. The van der Waals surface area contributed by atoms with Gasteiger partial charge in [-0.05, 0) is 13.3 Å². The number of aliphatic hydroxyl groups is 1. The number of aliphatic carboxylic acids is 1. The highest BCUT2D eigenvalue weighted by molar-refractivity contribution is 8.03. The number of β-lactam (4-membered cyclic amide) rings is 1. The predicted octanol–water partition coefficient (Wildman–Crippen LogP) is 0.884. The van der Waals surface area contributed by atoms with Crippen molar-refractivity contribution in [2.24, 2.45) is 11.8 Å². The summed E-state index contributed by atoms with van der Waals surface area (Å²) in [5, 5.41) is 19.6. The highest BCUT2D eigenvalue weighted by atomic mass is 32.2. The van der Waals surface area contributed by atoms with Crippen LogP contribution in [0.2, 0.25) is 0 Å². The number of thioether (sulfide) groups is 1. The van der Waals surface area contributed by atoms with Crippen LogP contribution < -0.4 is 0 Å². The topological polar surface area (TPSA) is 98.2 Å². The number of rotatable bonds is 6. The van der Waals surface area contributed by atoms with Crippen molar-refractivity contribution in [2.75, 3.05) is 13.1 Å². The van der Waals surface area contributed by atoms with E-state index in [0.717, 1.165) is 6.42 Å². The van der Waals surface area contributed by atoms with Gasteiger partial charge in [-0.3, -0.25) is 9.59 Å². The molecule has 3 aliphatic heterocycles. The molecule has 7 nitrogen and oxygen atoms in total. The molecule has 4 atom stereocenters.